The molecule has 2 heterocycles. The molecule has 40 heavy (non-hydrogen) atoms. The first kappa shape index (κ1) is 28.1. The van der Waals surface area contributed by atoms with Gasteiger partial charge < -0.3 is 10.2 Å². The van der Waals surface area contributed by atoms with Gasteiger partial charge in [0, 0.05) is 34.9 Å². The lowest BCUT2D eigenvalue weighted by Gasteiger charge is -2.32. The van der Waals surface area contributed by atoms with Gasteiger partial charge in [0.2, 0.25) is 5.95 Å². The number of aryl methyl sites for hydroxylation is 1. The summed E-state index contributed by atoms with van der Waals surface area (Å²) in [4.78, 5) is 14.9. The van der Waals surface area contributed by atoms with Crippen LogP contribution in [0.1, 0.15) is 31.4 Å². The fourth-order valence-electron chi connectivity index (χ4n) is 5.04. The molecule has 0 spiro atoms. The number of sulfonamides is 1. The minimum atomic E-state index is -4.19. The van der Waals surface area contributed by atoms with E-state index in [1.54, 1.807) is 19.1 Å². The smallest absolute Gasteiger partial charge is 0.264 e. The van der Waals surface area contributed by atoms with Crippen LogP contribution in [-0.2, 0) is 10.0 Å². The van der Waals surface area contributed by atoms with E-state index in [4.69, 9.17) is 11.6 Å². The first-order valence-electron chi connectivity index (χ1n) is 12.9. The number of rotatable bonds is 7. The topological polar surface area (TPSA) is 100 Å². The Morgan fingerprint density at radius 3 is 2.42 bits per heavy atom. The molecule has 0 radical (unpaired) electrons. The van der Waals surface area contributed by atoms with Gasteiger partial charge in [-0.1, -0.05) is 23.7 Å². The second-order valence-electron chi connectivity index (χ2n) is 10.2. The minimum Gasteiger partial charge on any atom is -0.351 e. The van der Waals surface area contributed by atoms with Gasteiger partial charge in [-0.3, -0.25) is 4.72 Å². The number of halogens is 3. The number of nitrogens with one attached hydrogen (secondary N) is 2. The highest BCUT2D eigenvalue weighted by molar-refractivity contribution is 7.92. The number of nitrogens with zero attached hydrogens (tertiary/aromatic N) is 4. The molecule has 0 atom stereocenters. The van der Waals surface area contributed by atoms with Gasteiger partial charge in [0.05, 0.1) is 5.02 Å². The lowest BCUT2D eigenvalue weighted by molar-refractivity contribution is 0.221. The SMILES string of the molecule is Cc1nc(NS(=O)(=O)c2ccccc2Cl)c(F)cc1-c1cc(F)c2nc(N[C@H]3CC[C@H](N(C)C)CC3)ncc2c1. The molecule has 2 aromatic carbocycles. The molecule has 0 unspecified atom stereocenters. The van der Waals surface area contributed by atoms with Crippen molar-refractivity contribution >= 4 is 44.3 Å². The molecule has 1 saturated carbocycles. The molecule has 0 bridgehead atoms. The fraction of sp³-hybridized carbons (Fsp3) is 0.321. The summed E-state index contributed by atoms with van der Waals surface area (Å²) in [6.45, 7) is 1.58. The Bertz CT molecular complexity index is 1680. The summed E-state index contributed by atoms with van der Waals surface area (Å²) in [6, 6.07) is 10.6. The molecular weight excluding hydrogens is 558 g/mol. The third kappa shape index (κ3) is 5.86. The second kappa shape index (κ2) is 11.2. The van der Waals surface area contributed by atoms with Crippen LogP contribution in [0.2, 0.25) is 5.02 Å². The molecule has 1 aliphatic carbocycles. The predicted molar refractivity (Wildman–Crippen MR) is 153 cm³/mol. The van der Waals surface area contributed by atoms with Crippen LogP contribution in [0, 0.1) is 18.6 Å². The van der Waals surface area contributed by atoms with E-state index in [1.165, 1.54) is 30.5 Å². The largest absolute Gasteiger partial charge is 0.351 e. The summed E-state index contributed by atoms with van der Waals surface area (Å²) in [5.74, 6) is -1.62. The zero-order valence-electron chi connectivity index (χ0n) is 22.2. The van der Waals surface area contributed by atoms with Crippen LogP contribution in [0.15, 0.2) is 53.6 Å². The normalized spacial score (nSPS) is 17.8. The highest BCUT2D eigenvalue weighted by atomic mass is 35.5. The summed E-state index contributed by atoms with van der Waals surface area (Å²) < 4.78 is 58.0. The lowest BCUT2D eigenvalue weighted by Crippen LogP contribution is -2.36. The summed E-state index contributed by atoms with van der Waals surface area (Å²) in [5, 5.41) is 3.77. The van der Waals surface area contributed by atoms with Crippen LogP contribution in [-0.4, -0.2) is 54.4 Å². The van der Waals surface area contributed by atoms with Gasteiger partial charge in [0.15, 0.2) is 11.6 Å². The maximum absolute atomic E-state index is 15.2. The van der Waals surface area contributed by atoms with E-state index in [1.807, 2.05) is 0 Å². The molecular formula is C28H29ClF2N6O2S. The Morgan fingerprint density at radius 2 is 1.73 bits per heavy atom. The van der Waals surface area contributed by atoms with Crippen LogP contribution in [0.25, 0.3) is 22.0 Å². The van der Waals surface area contributed by atoms with Crippen molar-refractivity contribution in [2.24, 2.45) is 0 Å². The van der Waals surface area contributed by atoms with Gasteiger partial charge in [0.1, 0.15) is 16.2 Å². The van der Waals surface area contributed by atoms with E-state index in [2.05, 4.69) is 44.0 Å². The summed E-state index contributed by atoms with van der Waals surface area (Å²) in [5.41, 5.74) is 1.11. The van der Waals surface area contributed by atoms with Gasteiger partial charge in [-0.25, -0.2) is 32.2 Å². The number of benzene rings is 2. The Hall–Kier alpha value is -3.41. The molecule has 1 fully saturated rings. The minimum absolute atomic E-state index is 0.00678. The van der Waals surface area contributed by atoms with E-state index in [-0.39, 0.29) is 21.5 Å². The predicted octanol–water partition coefficient (Wildman–Crippen LogP) is 6.02. The Balaban J connectivity index is 1.38. The molecule has 4 aromatic rings. The van der Waals surface area contributed by atoms with Crippen molar-refractivity contribution in [2.75, 3.05) is 24.1 Å². The average Bonchev–Trinajstić information content (AvgIpc) is 2.91. The van der Waals surface area contributed by atoms with Gasteiger partial charge in [-0.05, 0) is 82.6 Å². The van der Waals surface area contributed by atoms with Crippen molar-refractivity contribution in [3.8, 4) is 11.1 Å². The number of anilines is 2. The Labute approximate surface area is 236 Å². The number of hydrogen-bond acceptors (Lipinski definition) is 7. The summed E-state index contributed by atoms with van der Waals surface area (Å²) in [6.07, 6.45) is 5.64. The highest BCUT2D eigenvalue weighted by Gasteiger charge is 2.24. The first-order valence-corrected chi connectivity index (χ1v) is 14.7. The molecule has 2 aromatic heterocycles. The maximum Gasteiger partial charge on any atom is 0.264 e. The van der Waals surface area contributed by atoms with Gasteiger partial charge in [-0.15, -0.1) is 0 Å². The number of hydrogen-bond donors (Lipinski definition) is 2. The molecule has 210 valence electrons. The van der Waals surface area contributed by atoms with Crippen LogP contribution in [0.3, 0.4) is 0 Å². The quantitative estimate of drug-likeness (QED) is 0.273. The molecule has 0 amide bonds. The van der Waals surface area contributed by atoms with Gasteiger partial charge in [-0.2, -0.15) is 0 Å². The van der Waals surface area contributed by atoms with E-state index < -0.39 is 27.5 Å². The molecule has 0 saturated heterocycles. The monoisotopic (exact) mass is 586 g/mol. The summed E-state index contributed by atoms with van der Waals surface area (Å²) in [7, 11) is -0.00854. The summed E-state index contributed by atoms with van der Waals surface area (Å²) >= 11 is 6.00. The van der Waals surface area contributed by atoms with Crippen LogP contribution < -0.4 is 10.0 Å². The van der Waals surface area contributed by atoms with Gasteiger partial charge >= 0.3 is 0 Å². The molecule has 1 aliphatic rings. The Morgan fingerprint density at radius 1 is 1.00 bits per heavy atom. The second-order valence-corrected chi connectivity index (χ2v) is 12.2. The van der Waals surface area contributed by atoms with Crippen molar-refractivity contribution in [1.29, 1.82) is 0 Å². The zero-order valence-corrected chi connectivity index (χ0v) is 23.8. The fourth-order valence-corrected chi connectivity index (χ4v) is 6.57. The molecule has 0 aliphatic heterocycles. The van der Waals surface area contributed by atoms with Crippen LogP contribution in [0.5, 0.6) is 0 Å². The van der Waals surface area contributed by atoms with Crippen molar-refractivity contribution in [2.45, 2.75) is 49.6 Å². The number of pyridine rings is 1. The standard InChI is InChI=1S/C28H29ClF2N6O2S/c1-16-21(14-24(31)27(33-16)36-40(38,39)25-7-5-4-6-22(25)29)17-12-18-15-32-28(35-26(18)23(30)13-17)34-19-8-10-20(11-9-19)37(2)3/h4-7,12-15,19-20H,8-11H2,1-3H3,(H,33,36)(H,32,34,35)/t19-,20-. The average molecular weight is 587 g/mol. The van der Waals surface area contributed by atoms with Crippen molar-refractivity contribution in [3.05, 3.63) is 71.0 Å². The first-order chi connectivity index (χ1) is 19.0. The third-order valence-electron chi connectivity index (χ3n) is 7.23. The van der Waals surface area contributed by atoms with Crippen molar-refractivity contribution < 1.29 is 17.2 Å². The molecule has 8 nitrogen and oxygen atoms in total. The zero-order chi connectivity index (χ0) is 28.6. The van der Waals surface area contributed by atoms with Crippen molar-refractivity contribution in [1.82, 2.24) is 19.9 Å². The number of fused-ring (bicyclic) bond motifs is 1. The number of aromatic nitrogens is 3. The van der Waals surface area contributed by atoms with E-state index in [0.717, 1.165) is 31.7 Å². The van der Waals surface area contributed by atoms with Gasteiger partial charge in [0.25, 0.3) is 10.0 Å². The van der Waals surface area contributed by atoms with Crippen LogP contribution in [0.4, 0.5) is 20.5 Å². The molecule has 12 heteroatoms. The maximum atomic E-state index is 15.2. The highest BCUT2D eigenvalue weighted by Crippen LogP contribution is 2.32. The van der Waals surface area contributed by atoms with E-state index in [0.29, 0.717) is 34.2 Å². The van der Waals surface area contributed by atoms with Crippen molar-refractivity contribution in [3.63, 3.8) is 0 Å². The molecule has 2 N–H and O–H groups in total. The van der Waals surface area contributed by atoms with Crippen LogP contribution >= 0.6 is 11.6 Å². The van der Waals surface area contributed by atoms with E-state index >= 15 is 8.78 Å². The third-order valence-corrected chi connectivity index (χ3v) is 9.07. The lowest BCUT2D eigenvalue weighted by atomic mass is 9.90. The Kier molecular flexibility index (Phi) is 7.89. The van der Waals surface area contributed by atoms with E-state index in [9.17, 15) is 8.42 Å². The molecule has 5 rings (SSSR count).